The second-order valence-electron chi connectivity index (χ2n) is 4.17. The zero-order chi connectivity index (χ0) is 13.5. The van der Waals surface area contributed by atoms with Crippen molar-refractivity contribution in [1.29, 1.82) is 0 Å². The summed E-state index contributed by atoms with van der Waals surface area (Å²) in [6.07, 6.45) is 0.983. The molecular formula is C15H16Cl2N2. The normalized spacial score (nSPS) is 10.2. The first-order valence-corrected chi connectivity index (χ1v) is 7.00. The summed E-state index contributed by atoms with van der Waals surface area (Å²) in [4.78, 5) is 0. The number of nitrogens with one attached hydrogen (secondary N) is 2. The average molecular weight is 295 g/mol. The second kappa shape index (κ2) is 7.27. The van der Waals surface area contributed by atoms with E-state index in [4.69, 9.17) is 23.2 Å². The monoisotopic (exact) mass is 294 g/mol. The van der Waals surface area contributed by atoms with Crippen molar-refractivity contribution in [2.45, 2.75) is 6.42 Å². The highest BCUT2D eigenvalue weighted by Gasteiger charge is 1.98. The van der Waals surface area contributed by atoms with Crippen molar-refractivity contribution < 1.29 is 0 Å². The lowest BCUT2D eigenvalue weighted by molar-refractivity contribution is 0.909. The Morgan fingerprint density at radius 3 is 1.53 bits per heavy atom. The number of halogens is 2. The van der Waals surface area contributed by atoms with Crippen molar-refractivity contribution in [2.24, 2.45) is 0 Å². The minimum Gasteiger partial charge on any atom is -0.384 e. The van der Waals surface area contributed by atoms with Gasteiger partial charge in [0, 0.05) is 13.1 Å². The third-order valence-electron chi connectivity index (χ3n) is 2.73. The fraction of sp³-hybridized carbons (Fsp3) is 0.200. The predicted molar refractivity (Wildman–Crippen MR) is 84.5 cm³/mol. The molecule has 100 valence electrons. The summed E-state index contributed by atoms with van der Waals surface area (Å²) >= 11 is 12.1. The average Bonchev–Trinajstić information content (AvgIpc) is 2.42. The third-order valence-corrected chi connectivity index (χ3v) is 3.39. The van der Waals surface area contributed by atoms with Gasteiger partial charge >= 0.3 is 0 Å². The van der Waals surface area contributed by atoms with E-state index >= 15 is 0 Å². The molecule has 0 saturated carbocycles. The smallest absolute Gasteiger partial charge is 0.0637 e. The van der Waals surface area contributed by atoms with E-state index in [2.05, 4.69) is 10.6 Å². The molecule has 0 fully saturated rings. The molecule has 0 bridgehead atoms. The summed E-state index contributed by atoms with van der Waals surface area (Å²) in [5, 5.41) is 8.12. The van der Waals surface area contributed by atoms with Gasteiger partial charge < -0.3 is 10.6 Å². The van der Waals surface area contributed by atoms with E-state index in [0.29, 0.717) is 0 Å². The molecule has 0 aromatic heterocycles. The Hall–Kier alpha value is -1.38. The Morgan fingerprint density at radius 1 is 0.684 bits per heavy atom. The maximum atomic E-state index is 6.06. The Bertz CT molecular complexity index is 482. The molecule has 19 heavy (non-hydrogen) atoms. The van der Waals surface area contributed by atoms with Gasteiger partial charge in [0.05, 0.1) is 21.4 Å². The highest BCUT2D eigenvalue weighted by atomic mass is 35.5. The highest BCUT2D eigenvalue weighted by Crippen LogP contribution is 2.21. The van der Waals surface area contributed by atoms with E-state index in [-0.39, 0.29) is 0 Å². The van der Waals surface area contributed by atoms with E-state index in [1.165, 1.54) is 0 Å². The third kappa shape index (κ3) is 4.34. The van der Waals surface area contributed by atoms with Crippen LogP contribution in [0.15, 0.2) is 48.5 Å². The van der Waals surface area contributed by atoms with Crippen molar-refractivity contribution >= 4 is 34.6 Å². The summed E-state index contributed by atoms with van der Waals surface area (Å²) in [7, 11) is 0. The fourth-order valence-electron chi connectivity index (χ4n) is 1.74. The van der Waals surface area contributed by atoms with Crippen molar-refractivity contribution in [1.82, 2.24) is 0 Å². The maximum absolute atomic E-state index is 6.06. The standard InChI is InChI=1S/C15H16Cl2N2/c16-12-6-1-3-8-14(12)18-10-5-11-19-15-9-4-2-7-13(15)17/h1-4,6-9,18-19H,5,10-11H2. The van der Waals surface area contributed by atoms with Crippen molar-refractivity contribution in [3.8, 4) is 0 Å². The predicted octanol–water partition coefficient (Wildman–Crippen LogP) is 4.91. The molecular weight excluding hydrogens is 279 g/mol. The lowest BCUT2D eigenvalue weighted by Crippen LogP contribution is -2.09. The maximum Gasteiger partial charge on any atom is 0.0637 e. The van der Waals surface area contributed by atoms with Crippen LogP contribution >= 0.6 is 23.2 Å². The first-order valence-electron chi connectivity index (χ1n) is 6.24. The molecule has 0 aliphatic heterocycles. The Balaban J connectivity index is 1.71. The molecule has 0 atom stereocenters. The SMILES string of the molecule is Clc1ccccc1NCCCNc1ccccc1Cl. The summed E-state index contributed by atoms with van der Waals surface area (Å²) in [6.45, 7) is 1.72. The van der Waals surface area contributed by atoms with Gasteiger partial charge in [0.2, 0.25) is 0 Å². The van der Waals surface area contributed by atoms with Crippen molar-refractivity contribution in [3.05, 3.63) is 58.6 Å². The molecule has 0 aliphatic rings. The minimum absolute atomic E-state index is 0.751. The number of hydrogen-bond donors (Lipinski definition) is 2. The molecule has 4 heteroatoms. The Morgan fingerprint density at radius 2 is 1.11 bits per heavy atom. The number of anilines is 2. The molecule has 0 radical (unpaired) electrons. The van der Waals surface area contributed by atoms with Gasteiger partial charge in [-0.25, -0.2) is 0 Å². The van der Waals surface area contributed by atoms with Crippen LogP contribution in [-0.2, 0) is 0 Å². The topological polar surface area (TPSA) is 24.1 Å². The zero-order valence-corrected chi connectivity index (χ0v) is 12.0. The number of hydrogen-bond acceptors (Lipinski definition) is 2. The van der Waals surface area contributed by atoms with Crippen LogP contribution in [0.3, 0.4) is 0 Å². The molecule has 2 aromatic rings. The van der Waals surface area contributed by atoms with Gasteiger partial charge in [-0.1, -0.05) is 47.5 Å². The van der Waals surface area contributed by atoms with Crippen molar-refractivity contribution in [3.63, 3.8) is 0 Å². The summed E-state index contributed by atoms with van der Waals surface area (Å²) in [6, 6.07) is 15.5. The van der Waals surface area contributed by atoms with Crippen LogP contribution in [0.1, 0.15) is 6.42 Å². The largest absolute Gasteiger partial charge is 0.384 e. The summed E-state index contributed by atoms with van der Waals surface area (Å²) < 4.78 is 0. The van der Waals surface area contributed by atoms with E-state index in [1.54, 1.807) is 0 Å². The van der Waals surface area contributed by atoms with Gasteiger partial charge in [-0.3, -0.25) is 0 Å². The van der Waals surface area contributed by atoms with Gasteiger partial charge in [0.25, 0.3) is 0 Å². The Kier molecular flexibility index (Phi) is 5.37. The van der Waals surface area contributed by atoms with Crippen LogP contribution in [0, 0.1) is 0 Å². The highest BCUT2D eigenvalue weighted by molar-refractivity contribution is 6.33. The number of benzene rings is 2. The molecule has 0 spiro atoms. The van der Waals surface area contributed by atoms with Gasteiger partial charge in [0.15, 0.2) is 0 Å². The number of rotatable bonds is 6. The zero-order valence-electron chi connectivity index (χ0n) is 10.5. The van der Waals surface area contributed by atoms with Crippen LogP contribution in [0.5, 0.6) is 0 Å². The van der Waals surface area contributed by atoms with Gasteiger partial charge in [-0.15, -0.1) is 0 Å². The quantitative estimate of drug-likeness (QED) is 0.740. The Labute approximate surface area is 123 Å². The van der Waals surface area contributed by atoms with Gasteiger partial charge in [-0.2, -0.15) is 0 Å². The van der Waals surface area contributed by atoms with E-state index in [0.717, 1.165) is 40.9 Å². The molecule has 0 heterocycles. The van der Waals surface area contributed by atoms with Crippen molar-refractivity contribution in [2.75, 3.05) is 23.7 Å². The molecule has 0 aliphatic carbocycles. The van der Waals surface area contributed by atoms with E-state index in [1.807, 2.05) is 48.5 Å². The first kappa shape index (κ1) is 14.0. The fourth-order valence-corrected chi connectivity index (χ4v) is 2.15. The molecule has 0 saturated heterocycles. The molecule has 0 amide bonds. The lowest BCUT2D eigenvalue weighted by atomic mass is 10.3. The van der Waals surface area contributed by atoms with Crippen LogP contribution in [0.2, 0.25) is 10.0 Å². The molecule has 2 rings (SSSR count). The van der Waals surface area contributed by atoms with Crippen LogP contribution in [0.25, 0.3) is 0 Å². The van der Waals surface area contributed by atoms with Gasteiger partial charge in [-0.05, 0) is 30.7 Å². The molecule has 2 aromatic carbocycles. The molecule has 2 nitrogen and oxygen atoms in total. The number of para-hydroxylation sites is 2. The molecule has 0 unspecified atom stereocenters. The van der Waals surface area contributed by atoms with Crippen LogP contribution in [0.4, 0.5) is 11.4 Å². The lowest BCUT2D eigenvalue weighted by Gasteiger charge is -2.10. The summed E-state index contributed by atoms with van der Waals surface area (Å²) in [5.41, 5.74) is 1.95. The minimum atomic E-state index is 0.751. The second-order valence-corrected chi connectivity index (χ2v) is 4.98. The van der Waals surface area contributed by atoms with Crippen LogP contribution in [-0.4, -0.2) is 13.1 Å². The first-order chi connectivity index (χ1) is 9.27. The van der Waals surface area contributed by atoms with Gasteiger partial charge in [0.1, 0.15) is 0 Å². The molecule has 2 N–H and O–H groups in total. The van der Waals surface area contributed by atoms with E-state index in [9.17, 15) is 0 Å². The summed E-state index contributed by atoms with van der Waals surface area (Å²) in [5.74, 6) is 0. The van der Waals surface area contributed by atoms with Crippen LogP contribution < -0.4 is 10.6 Å². The van der Waals surface area contributed by atoms with E-state index < -0.39 is 0 Å².